The SMILES string of the molecule is COc1cc2sc(C(=O)C[C@H](C)C(=O)O)cc2c(F)c1OCCCCCOc1c(OC)cc2sc(C(=O)C[C@H](C)C(=O)O)cc2c1F. The molecule has 0 unspecified atom stereocenters. The highest BCUT2D eigenvalue weighted by molar-refractivity contribution is 7.21. The number of aliphatic carboxylic acids is 2. The van der Waals surface area contributed by atoms with Crippen molar-refractivity contribution in [2.75, 3.05) is 27.4 Å². The topological polar surface area (TPSA) is 146 Å². The molecule has 10 nitrogen and oxygen atoms in total. The van der Waals surface area contributed by atoms with Gasteiger partial charge in [-0.3, -0.25) is 19.2 Å². The highest BCUT2D eigenvalue weighted by atomic mass is 32.1. The molecular weight excluding hydrogens is 658 g/mol. The molecule has 4 aromatic rings. The lowest BCUT2D eigenvalue weighted by Crippen LogP contribution is -2.13. The zero-order valence-corrected chi connectivity index (χ0v) is 27.8. The van der Waals surface area contributed by atoms with Gasteiger partial charge in [0.25, 0.3) is 0 Å². The molecule has 0 aliphatic carbocycles. The highest BCUT2D eigenvalue weighted by Crippen LogP contribution is 2.42. The number of ether oxygens (including phenoxy) is 4. The number of carboxylic acid groups (broad SMARTS) is 2. The molecule has 47 heavy (non-hydrogen) atoms. The maximum atomic E-state index is 15.4. The number of carbonyl (C=O) groups is 4. The number of rotatable bonds is 18. The van der Waals surface area contributed by atoms with Gasteiger partial charge in [0.2, 0.25) is 0 Å². The van der Waals surface area contributed by atoms with E-state index in [0.717, 1.165) is 22.7 Å². The van der Waals surface area contributed by atoms with Gasteiger partial charge >= 0.3 is 11.9 Å². The zero-order chi connectivity index (χ0) is 34.4. The van der Waals surface area contributed by atoms with Gasteiger partial charge in [-0.05, 0) is 31.4 Å². The molecule has 0 spiro atoms. The van der Waals surface area contributed by atoms with Crippen LogP contribution >= 0.6 is 22.7 Å². The molecular formula is C33H34F2O10S2. The van der Waals surface area contributed by atoms with Gasteiger partial charge in [-0.2, -0.15) is 0 Å². The molecule has 0 fully saturated rings. The average Bonchev–Trinajstić information content (AvgIpc) is 3.67. The maximum Gasteiger partial charge on any atom is 0.306 e. The minimum Gasteiger partial charge on any atom is -0.493 e. The van der Waals surface area contributed by atoms with Gasteiger partial charge < -0.3 is 29.2 Å². The Morgan fingerprint density at radius 1 is 0.681 bits per heavy atom. The monoisotopic (exact) mass is 692 g/mol. The first-order valence-corrected chi connectivity index (χ1v) is 16.4. The lowest BCUT2D eigenvalue weighted by atomic mass is 10.0. The second-order valence-corrected chi connectivity index (χ2v) is 13.1. The van der Waals surface area contributed by atoms with Crippen LogP contribution in [0, 0.1) is 23.5 Å². The van der Waals surface area contributed by atoms with Crippen molar-refractivity contribution in [2.24, 2.45) is 11.8 Å². The number of halogens is 2. The molecule has 0 saturated heterocycles. The molecule has 2 heterocycles. The summed E-state index contributed by atoms with van der Waals surface area (Å²) in [6.07, 6.45) is 1.21. The van der Waals surface area contributed by atoms with E-state index in [1.807, 2.05) is 0 Å². The van der Waals surface area contributed by atoms with Crippen molar-refractivity contribution in [3.63, 3.8) is 0 Å². The molecule has 2 atom stereocenters. The van der Waals surface area contributed by atoms with Crippen LogP contribution in [0.4, 0.5) is 8.78 Å². The van der Waals surface area contributed by atoms with Crippen LogP contribution in [-0.2, 0) is 9.59 Å². The van der Waals surface area contributed by atoms with E-state index < -0.39 is 35.4 Å². The van der Waals surface area contributed by atoms with E-state index in [1.54, 1.807) is 12.1 Å². The number of hydrogen-bond acceptors (Lipinski definition) is 10. The third kappa shape index (κ3) is 8.17. The van der Waals surface area contributed by atoms with Gasteiger partial charge in [0.05, 0.1) is 49.0 Å². The third-order valence-corrected chi connectivity index (χ3v) is 9.71. The predicted octanol–water partition coefficient (Wildman–Crippen LogP) is 7.63. The highest BCUT2D eigenvalue weighted by Gasteiger charge is 2.24. The van der Waals surface area contributed by atoms with Gasteiger partial charge in [-0.25, -0.2) is 8.78 Å². The molecule has 252 valence electrons. The smallest absolute Gasteiger partial charge is 0.306 e. The molecule has 14 heteroatoms. The Bertz CT molecular complexity index is 1680. The van der Waals surface area contributed by atoms with Gasteiger partial charge in [-0.1, -0.05) is 13.8 Å². The number of hydrogen-bond donors (Lipinski definition) is 2. The summed E-state index contributed by atoms with van der Waals surface area (Å²) in [5, 5.41) is 18.5. The molecule has 0 bridgehead atoms. The third-order valence-electron chi connectivity index (χ3n) is 7.46. The molecule has 4 rings (SSSR count). The summed E-state index contributed by atoms with van der Waals surface area (Å²) in [6, 6.07) is 5.95. The zero-order valence-electron chi connectivity index (χ0n) is 26.1. The average molecular weight is 693 g/mol. The first kappa shape index (κ1) is 35.6. The Morgan fingerprint density at radius 3 is 1.40 bits per heavy atom. The van der Waals surface area contributed by atoms with Crippen molar-refractivity contribution in [1.29, 1.82) is 0 Å². The number of ketones is 2. The Labute approximate surface area is 276 Å². The summed E-state index contributed by atoms with van der Waals surface area (Å²) in [5.74, 6) is -5.93. The number of fused-ring (bicyclic) bond motifs is 2. The summed E-state index contributed by atoms with van der Waals surface area (Å²) in [4.78, 5) is 47.8. The Hall–Kier alpha value is -4.30. The predicted molar refractivity (Wildman–Crippen MR) is 173 cm³/mol. The number of carbonyl (C=O) groups excluding carboxylic acids is 2. The minimum absolute atomic E-state index is 0.0990. The van der Waals surface area contributed by atoms with Crippen LogP contribution in [0.1, 0.15) is 65.3 Å². The molecule has 0 saturated carbocycles. The Kier molecular flexibility index (Phi) is 11.7. The second kappa shape index (κ2) is 15.5. The van der Waals surface area contributed by atoms with Gasteiger partial charge in [0.15, 0.2) is 46.2 Å². The summed E-state index contributed by atoms with van der Waals surface area (Å²) in [5.41, 5.74) is 0. The molecule has 0 radical (unpaired) electrons. The van der Waals surface area contributed by atoms with Crippen molar-refractivity contribution in [3.05, 3.63) is 45.7 Å². The van der Waals surface area contributed by atoms with Crippen LogP contribution in [-0.4, -0.2) is 61.2 Å². The summed E-state index contributed by atoms with van der Waals surface area (Å²) >= 11 is 2.11. The summed E-state index contributed by atoms with van der Waals surface area (Å²) in [7, 11) is 2.75. The number of methoxy groups -OCH3 is 2. The molecule has 0 aliphatic heterocycles. The molecule has 2 aromatic carbocycles. The fourth-order valence-electron chi connectivity index (χ4n) is 4.71. The Morgan fingerprint density at radius 2 is 1.06 bits per heavy atom. The molecule has 0 aliphatic rings. The van der Waals surface area contributed by atoms with Crippen LogP contribution < -0.4 is 18.9 Å². The van der Waals surface area contributed by atoms with E-state index in [-0.39, 0.29) is 81.1 Å². The van der Waals surface area contributed by atoms with Crippen molar-refractivity contribution in [2.45, 2.75) is 46.0 Å². The number of thiophene rings is 2. The standard InChI is InChI=1S/C33H34F2O10S2/c1-16(32(38)39)10-20(36)26-12-18-24(46-26)14-22(42-3)30(28(18)34)44-8-6-5-7-9-45-31-23(43-4)15-25-19(29(31)35)13-27(47-25)21(37)11-17(2)33(40)41/h12-17H,5-11H2,1-4H3,(H,38,39)(H,40,41)/t16-,17-/m0/s1. The number of carboxylic acids is 2. The summed E-state index contributed by atoms with van der Waals surface area (Å²) in [6.45, 7) is 3.15. The van der Waals surface area contributed by atoms with Crippen LogP contribution in [0.3, 0.4) is 0 Å². The lowest BCUT2D eigenvalue weighted by Gasteiger charge is -2.13. The summed E-state index contributed by atoms with van der Waals surface area (Å²) < 4.78 is 53.9. The lowest BCUT2D eigenvalue weighted by molar-refractivity contribution is -0.141. The largest absolute Gasteiger partial charge is 0.493 e. The number of Topliss-reactive ketones (excluding diaryl/α,β-unsaturated/α-hetero) is 2. The van der Waals surface area contributed by atoms with Crippen molar-refractivity contribution in [1.82, 2.24) is 0 Å². The second-order valence-electron chi connectivity index (χ2n) is 11.0. The van der Waals surface area contributed by atoms with E-state index in [0.29, 0.717) is 28.7 Å². The molecule has 0 amide bonds. The van der Waals surface area contributed by atoms with E-state index >= 15 is 8.78 Å². The van der Waals surface area contributed by atoms with Crippen LogP contribution in [0.5, 0.6) is 23.0 Å². The van der Waals surface area contributed by atoms with Crippen LogP contribution in [0.15, 0.2) is 24.3 Å². The molecule has 2 aromatic heterocycles. The van der Waals surface area contributed by atoms with E-state index in [1.165, 1.54) is 40.2 Å². The quantitative estimate of drug-likeness (QED) is 0.0789. The van der Waals surface area contributed by atoms with E-state index in [2.05, 4.69) is 0 Å². The van der Waals surface area contributed by atoms with E-state index in [4.69, 9.17) is 29.2 Å². The first-order valence-electron chi connectivity index (χ1n) is 14.7. The fourth-order valence-corrected chi connectivity index (χ4v) is 6.78. The van der Waals surface area contributed by atoms with E-state index in [9.17, 15) is 19.2 Å². The van der Waals surface area contributed by atoms with Gasteiger partial charge in [0, 0.05) is 45.1 Å². The van der Waals surface area contributed by atoms with Crippen molar-refractivity contribution in [3.8, 4) is 23.0 Å². The number of unbranched alkanes of at least 4 members (excludes halogenated alkanes) is 2. The van der Waals surface area contributed by atoms with Crippen LogP contribution in [0.2, 0.25) is 0 Å². The van der Waals surface area contributed by atoms with Crippen molar-refractivity contribution < 1.29 is 57.1 Å². The molecule has 2 N–H and O–H groups in total. The van der Waals surface area contributed by atoms with Gasteiger partial charge in [-0.15, -0.1) is 22.7 Å². The Balaban J connectivity index is 1.34. The normalized spacial score (nSPS) is 12.6. The minimum atomic E-state index is -1.09. The number of benzene rings is 2. The fraction of sp³-hybridized carbons (Fsp3) is 0.394. The van der Waals surface area contributed by atoms with Crippen molar-refractivity contribution >= 4 is 66.4 Å². The van der Waals surface area contributed by atoms with Gasteiger partial charge in [0.1, 0.15) is 0 Å². The van der Waals surface area contributed by atoms with Crippen LogP contribution in [0.25, 0.3) is 20.2 Å². The maximum absolute atomic E-state index is 15.4. The first-order chi connectivity index (χ1) is 22.4.